The van der Waals surface area contributed by atoms with Gasteiger partial charge >= 0.3 is 5.97 Å². The van der Waals surface area contributed by atoms with E-state index in [2.05, 4.69) is 0 Å². The minimum Gasteiger partial charge on any atom is -0.460 e. The van der Waals surface area contributed by atoms with Crippen LogP contribution in [0.5, 0.6) is 0 Å². The number of nitrogens with zero attached hydrogens (tertiary/aromatic N) is 2. The second kappa shape index (κ2) is 11.0. The lowest BCUT2D eigenvalue weighted by Crippen LogP contribution is -2.29. The Morgan fingerprint density at radius 2 is 1.21 bits per heavy atom. The van der Waals surface area contributed by atoms with Gasteiger partial charge in [0.1, 0.15) is 12.3 Å². The lowest BCUT2D eigenvalue weighted by atomic mass is 9.97. The van der Waals surface area contributed by atoms with E-state index in [4.69, 9.17) is 4.74 Å². The van der Waals surface area contributed by atoms with Crippen LogP contribution >= 0.6 is 0 Å². The van der Waals surface area contributed by atoms with Gasteiger partial charge in [0.05, 0.1) is 6.42 Å². The van der Waals surface area contributed by atoms with Crippen molar-refractivity contribution in [2.24, 2.45) is 7.05 Å². The van der Waals surface area contributed by atoms with Crippen LogP contribution in [0.15, 0.2) is 120 Å². The monoisotopic (exact) mass is 502 g/mol. The number of carbonyl (C=O) groups is 2. The highest BCUT2D eigenvalue weighted by Gasteiger charge is 2.24. The fraction of sp³-hybridized carbons (Fsp3) is 0.0938. The van der Waals surface area contributed by atoms with E-state index in [9.17, 15) is 14.4 Å². The van der Waals surface area contributed by atoms with Gasteiger partial charge in [0.15, 0.2) is 0 Å². The third-order valence-electron chi connectivity index (χ3n) is 6.39. The summed E-state index contributed by atoms with van der Waals surface area (Å²) in [6.07, 6.45) is -0.0300. The first kappa shape index (κ1) is 24.7. The van der Waals surface area contributed by atoms with E-state index in [1.54, 1.807) is 24.1 Å². The molecule has 0 aliphatic carbocycles. The SMILES string of the molecule is Cn1c(C(=O)OCCC(=O)N(c2ccccc2)c2ccccc2)c(-c2ccccc2)c2ccccc2c1=O. The van der Waals surface area contributed by atoms with Gasteiger partial charge in [-0.1, -0.05) is 84.9 Å². The fourth-order valence-electron chi connectivity index (χ4n) is 4.60. The van der Waals surface area contributed by atoms with E-state index < -0.39 is 5.97 Å². The third-order valence-corrected chi connectivity index (χ3v) is 6.39. The van der Waals surface area contributed by atoms with Crippen LogP contribution in [-0.2, 0) is 16.6 Å². The number of pyridine rings is 1. The number of amides is 1. The smallest absolute Gasteiger partial charge is 0.355 e. The summed E-state index contributed by atoms with van der Waals surface area (Å²) in [6.45, 7) is -0.136. The van der Waals surface area contributed by atoms with Crippen LogP contribution in [0.2, 0.25) is 0 Å². The van der Waals surface area contributed by atoms with Crippen LogP contribution in [0.1, 0.15) is 16.9 Å². The van der Waals surface area contributed by atoms with E-state index >= 15 is 0 Å². The summed E-state index contributed by atoms with van der Waals surface area (Å²) in [5.41, 5.74) is 2.71. The molecule has 0 unspecified atom stereocenters. The van der Waals surface area contributed by atoms with Crippen molar-refractivity contribution >= 4 is 34.0 Å². The predicted molar refractivity (Wildman–Crippen MR) is 150 cm³/mol. The van der Waals surface area contributed by atoms with Crippen LogP contribution in [0, 0.1) is 0 Å². The van der Waals surface area contributed by atoms with Gasteiger partial charge in [-0.05, 0) is 41.3 Å². The number of ether oxygens (including phenoxy) is 1. The second-order valence-corrected chi connectivity index (χ2v) is 8.79. The summed E-state index contributed by atoms with van der Waals surface area (Å²) in [5.74, 6) is -0.876. The molecule has 6 heteroatoms. The Morgan fingerprint density at radius 3 is 1.79 bits per heavy atom. The Labute approximate surface area is 220 Å². The first-order valence-electron chi connectivity index (χ1n) is 12.3. The number of anilines is 2. The Hall–Kier alpha value is -4.97. The van der Waals surface area contributed by atoms with E-state index in [0.717, 1.165) is 16.9 Å². The molecule has 0 spiro atoms. The van der Waals surface area contributed by atoms with Gasteiger partial charge in [0.2, 0.25) is 5.91 Å². The van der Waals surface area contributed by atoms with Crippen molar-refractivity contribution in [1.29, 1.82) is 0 Å². The minimum atomic E-state index is -0.659. The maximum atomic E-state index is 13.4. The quantitative estimate of drug-likeness (QED) is 0.252. The molecule has 0 aliphatic heterocycles. The molecular weight excluding hydrogens is 476 g/mol. The summed E-state index contributed by atoms with van der Waals surface area (Å²) in [4.78, 5) is 41.5. The number of esters is 1. The highest BCUT2D eigenvalue weighted by atomic mass is 16.5. The van der Waals surface area contributed by atoms with Crippen LogP contribution in [0.4, 0.5) is 11.4 Å². The second-order valence-electron chi connectivity index (χ2n) is 8.79. The van der Waals surface area contributed by atoms with Crippen molar-refractivity contribution in [2.75, 3.05) is 11.5 Å². The predicted octanol–water partition coefficient (Wildman–Crippen LogP) is 6.12. The zero-order valence-corrected chi connectivity index (χ0v) is 20.9. The van der Waals surface area contributed by atoms with Crippen molar-refractivity contribution in [3.8, 4) is 11.1 Å². The molecule has 0 aliphatic rings. The molecule has 0 radical (unpaired) electrons. The Bertz CT molecular complexity index is 1610. The Morgan fingerprint density at radius 1 is 0.711 bits per heavy atom. The van der Waals surface area contributed by atoms with Gasteiger partial charge in [-0.3, -0.25) is 14.5 Å². The molecule has 4 aromatic carbocycles. The number of aromatic nitrogens is 1. The van der Waals surface area contributed by atoms with Gasteiger partial charge in [0.25, 0.3) is 5.56 Å². The molecule has 0 bridgehead atoms. The molecule has 5 aromatic rings. The molecule has 0 N–H and O–H groups in total. The van der Waals surface area contributed by atoms with E-state index in [0.29, 0.717) is 16.3 Å². The fourth-order valence-corrected chi connectivity index (χ4v) is 4.60. The Balaban J connectivity index is 1.43. The highest BCUT2D eigenvalue weighted by molar-refractivity contribution is 6.07. The molecule has 5 rings (SSSR count). The summed E-state index contributed by atoms with van der Waals surface area (Å²) < 4.78 is 6.95. The zero-order valence-electron chi connectivity index (χ0n) is 20.9. The molecule has 0 saturated heterocycles. The molecule has 1 aromatic heterocycles. The number of carbonyl (C=O) groups excluding carboxylic acids is 2. The van der Waals surface area contributed by atoms with Crippen molar-refractivity contribution < 1.29 is 14.3 Å². The number of hydrogen-bond acceptors (Lipinski definition) is 4. The molecule has 6 nitrogen and oxygen atoms in total. The first-order valence-corrected chi connectivity index (χ1v) is 12.3. The van der Waals surface area contributed by atoms with E-state index in [1.165, 1.54) is 4.57 Å². The molecule has 188 valence electrons. The third kappa shape index (κ3) is 4.84. The molecule has 0 saturated carbocycles. The van der Waals surface area contributed by atoms with Crippen molar-refractivity contribution in [1.82, 2.24) is 4.57 Å². The first-order chi connectivity index (χ1) is 18.6. The van der Waals surface area contributed by atoms with Crippen LogP contribution in [0.3, 0.4) is 0 Å². The lowest BCUT2D eigenvalue weighted by Gasteiger charge is -2.23. The summed E-state index contributed by atoms with van der Waals surface area (Å²) in [5, 5.41) is 1.19. The summed E-state index contributed by atoms with van der Waals surface area (Å²) >= 11 is 0. The molecule has 38 heavy (non-hydrogen) atoms. The van der Waals surface area contributed by atoms with Gasteiger partial charge < -0.3 is 9.30 Å². The Kier molecular flexibility index (Phi) is 7.13. The molecule has 0 fully saturated rings. The van der Waals surface area contributed by atoms with Gasteiger partial charge in [-0.25, -0.2) is 4.79 Å². The number of benzene rings is 4. The van der Waals surface area contributed by atoms with Crippen molar-refractivity contribution in [3.05, 3.63) is 131 Å². The number of para-hydroxylation sites is 2. The maximum absolute atomic E-state index is 13.4. The minimum absolute atomic E-state index is 0.0300. The molecule has 1 amide bonds. The lowest BCUT2D eigenvalue weighted by molar-refractivity contribution is -0.118. The normalized spacial score (nSPS) is 10.8. The topological polar surface area (TPSA) is 68.6 Å². The van der Waals surface area contributed by atoms with Gasteiger partial charge in [0, 0.05) is 29.4 Å². The average molecular weight is 503 g/mol. The van der Waals surface area contributed by atoms with Gasteiger partial charge in [-0.2, -0.15) is 0 Å². The number of fused-ring (bicyclic) bond motifs is 1. The van der Waals surface area contributed by atoms with Gasteiger partial charge in [-0.15, -0.1) is 0 Å². The standard InChI is InChI=1S/C32H26N2O4/c1-33-30(29(23-13-5-2-6-14-23)26-19-11-12-20-27(26)31(33)36)32(37)38-22-21-28(35)34(24-15-7-3-8-16-24)25-17-9-4-10-18-25/h2-20H,21-22H2,1H3. The maximum Gasteiger partial charge on any atom is 0.355 e. The summed E-state index contributed by atoms with van der Waals surface area (Å²) in [6, 6.07) is 35.3. The average Bonchev–Trinajstić information content (AvgIpc) is 2.96. The van der Waals surface area contributed by atoms with Crippen LogP contribution < -0.4 is 10.5 Å². The summed E-state index contributed by atoms with van der Waals surface area (Å²) in [7, 11) is 1.56. The highest BCUT2D eigenvalue weighted by Crippen LogP contribution is 2.31. The van der Waals surface area contributed by atoms with E-state index in [1.807, 2.05) is 103 Å². The van der Waals surface area contributed by atoms with Crippen LogP contribution in [-0.4, -0.2) is 23.1 Å². The molecule has 1 heterocycles. The number of rotatable bonds is 7. The van der Waals surface area contributed by atoms with Crippen LogP contribution in [0.25, 0.3) is 21.9 Å². The largest absolute Gasteiger partial charge is 0.460 e. The zero-order chi connectivity index (χ0) is 26.5. The molecular formula is C32H26N2O4. The van der Waals surface area contributed by atoms with E-state index in [-0.39, 0.29) is 30.2 Å². The number of hydrogen-bond donors (Lipinski definition) is 0. The van der Waals surface area contributed by atoms with Crippen molar-refractivity contribution in [3.63, 3.8) is 0 Å². The molecule has 0 atom stereocenters. The van der Waals surface area contributed by atoms with Crippen molar-refractivity contribution in [2.45, 2.75) is 6.42 Å².